The molecule has 0 spiro atoms. The molecule has 1 aromatic heterocycles. The number of aliphatic hydroxyl groups is 1. The number of likely N-dealkylation sites (N-methyl/N-ethyl adjacent to an activating group) is 1. The van der Waals surface area contributed by atoms with Crippen LogP contribution in [0, 0.1) is 6.92 Å². The van der Waals surface area contributed by atoms with E-state index in [9.17, 15) is 15.0 Å². The van der Waals surface area contributed by atoms with Gasteiger partial charge in [0, 0.05) is 23.6 Å². The summed E-state index contributed by atoms with van der Waals surface area (Å²) in [7, 11) is 4.86. The standard InChI is InChI=1S/C22H27NO6/c1-13-9-14(29-12-13)5-6-17(25)21-19(28-4)10-18(27-3)20(22(21)26)15-7-8-23(2)16(15)11-24/h5-6,9-10,12,15-16,24,26H,7-8,11H2,1-4H3/b6-5+. The molecule has 7 heteroatoms. The Labute approximate surface area is 170 Å². The lowest BCUT2D eigenvalue weighted by Gasteiger charge is -2.26. The Bertz CT molecular complexity index is 916. The number of phenolic OH excluding ortho intramolecular Hbond substituents is 1. The van der Waals surface area contributed by atoms with Gasteiger partial charge in [0.25, 0.3) is 0 Å². The van der Waals surface area contributed by atoms with Crippen LogP contribution in [0.25, 0.3) is 6.08 Å². The van der Waals surface area contributed by atoms with E-state index in [2.05, 4.69) is 0 Å². The number of benzene rings is 1. The molecule has 1 aliphatic heterocycles. The number of nitrogens with zero attached hydrogens (tertiary/aromatic N) is 1. The van der Waals surface area contributed by atoms with Crippen molar-refractivity contribution in [1.82, 2.24) is 4.90 Å². The van der Waals surface area contributed by atoms with Crippen molar-refractivity contribution in [2.75, 3.05) is 34.4 Å². The number of furan rings is 1. The number of rotatable bonds is 7. The van der Waals surface area contributed by atoms with Gasteiger partial charge in [-0.15, -0.1) is 0 Å². The molecule has 1 aromatic carbocycles. The fourth-order valence-corrected chi connectivity index (χ4v) is 3.96. The van der Waals surface area contributed by atoms with Crippen molar-refractivity contribution in [3.63, 3.8) is 0 Å². The van der Waals surface area contributed by atoms with Crippen molar-refractivity contribution in [1.29, 1.82) is 0 Å². The Balaban J connectivity index is 2.06. The number of methoxy groups -OCH3 is 2. The molecule has 2 unspecified atom stereocenters. The van der Waals surface area contributed by atoms with Crippen molar-refractivity contribution in [3.8, 4) is 17.2 Å². The first kappa shape index (κ1) is 21.0. The molecule has 0 radical (unpaired) electrons. The molecule has 3 rings (SSSR count). The van der Waals surface area contributed by atoms with Crippen LogP contribution < -0.4 is 9.47 Å². The van der Waals surface area contributed by atoms with Crippen LogP contribution >= 0.6 is 0 Å². The number of hydrogen-bond donors (Lipinski definition) is 2. The molecule has 1 saturated heterocycles. The molecule has 7 nitrogen and oxygen atoms in total. The highest BCUT2D eigenvalue weighted by molar-refractivity contribution is 6.11. The van der Waals surface area contributed by atoms with Crippen LogP contribution in [0.2, 0.25) is 0 Å². The third-order valence-electron chi connectivity index (χ3n) is 5.48. The fraction of sp³-hybridized carbons (Fsp3) is 0.409. The molecule has 2 aromatic rings. The van der Waals surface area contributed by atoms with Crippen LogP contribution in [-0.4, -0.2) is 61.4 Å². The van der Waals surface area contributed by atoms with E-state index in [4.69, 9.17) is 13.9 Å². The van der Waals surface area contributed by atoms with Gasteiger partial charge in [-0.3, -0.25) is 4.79 Å². The third-order valence-corrected chi connectivity index (χ3v) is 5.48. The number of hydrogen-bond acceptors (Lipinski definition) is 7. The number of carbonyl (C=O) groups is 1. The highest BCUT2D eigenvalue weighted by Crippen LogP contribution is 2.47. The molecule has 0 aliphatic carbocycles. The molecule has 0 saturated carbocycles. The second kappa shape index (κ2) is 8.71. The summed E-state index contributed by atoms with van der Waals surface area (Å²) in [6.45, 7) is 2.60. The van der Waals surface area contributed by atoms with Gasteiger partial charge >= 0.3 is 0 Å². The quantitative estimate of drug-likeness (QED) is 0.544. The summed E-state index contributed by atoms with van der Waals surface area (Å²) in [5.41, 5.74) is 1.53. The Hall–Kier alpha value is -2.77. The molecule has 2 N–H and O–H groups in total. The van der Waals surface area contributed by atoms with Crippen molar-refractivity contribution in [2.45, 2.75) is 25.3 Å². The van der Waals surface area contributed by atoms with E-state index >= 15 is 0 Å². The molecular formula is C22H27NO6. The first-order chi connectivity index (χ1) is 13.9. The van der Waals surface area contributed by atoms with Crippen LogP contribution in [0.5, 0.6) is 17.2 Å². The van der Waals surface area contributed by atoms with Crippen molar-refractivity contribution >= 4 is 11.9 Å². The van der Waals surface area contributed by atoms with E-state index in [1.807, 2.05) is 18.9 Å². The van der Waals surface area contributed by atoms with Gasteiger partial charge in [0.05, 0.1) is 27.1 Å². The molecule has 1 fully saturated rings. The average molecular weight is 401 g/mol. The number of likely N-dealkylation sites (tertiary alicyclic amines) is 1. The number of phenols is 1. The number of aromatic hydroxyl groups is 1. The van der Waals surface area contributed by atoms with Gasteiger partial charge in [-0.25, -0.2) is 0 Å². The van der Waals surface area contributed by atoms with Gasteiger partial charge in [-0.1, -0.05) is 0 Å². The van der Waals surface area contributed by atoms with Gasteiger partial charge in [-0.05, 0) is 50.7 Å². The minimum atomic E-state index is -0.413. The monoisotopic (exact) mass is 401 g/mol. The number of aryl methyl sites for hydroxylation is 1. The summed E-state index contributed by atoms with van der Waals surface area (Å²) in [5.74, 6) is 0.435. The summed E-state index contributed by atoms with van der Waals surface area (Å²) in [6.07, 6.45) is 5.22. The van der Waals surface area contributed by atoms with E-state index in [0.29, 0.717) is 17.1 Å². The summed E-state index contributed by atoms with van der Waals surface area (Å²) < 4.78 is 16.2. The Morgan fingerprint density at radius 3 is 2.62 bits per heavy atom. The second-order valence-electron chi connectivity index (χ2n) is 7.27. The van der Waals surface area contributed by atoms with Crippen molar-refractivity contribution in [3.05, 3.63) is 46.9 Å². The Morgan fingerprint density at radius 2 is 2.03 bits per heavy atom. The topological polar surface area (TPSA) is 92.4 Å². The second-order valence-corrected chi connectivity index (χ2v) is 7.27. The highest BCUT2D eigenvalue weighted by atomic mass is 16.5. The van der Waals surface area contributed by atoms with Crippen molar-refractivity contribution in [2.24, 2.45) is 0 Å². The van der Waals surface area contributed by atoms with E-state index in [1.165, 1.54) is 20.3 Å². The van der Waals surface area contributed by atoms with Gasteiger partial charge in [0.15, 0.2) is 5.78 Å². The smallest absolute Gasteiger partial charge is 0.193 e. The molecule has 0 bridgehead atoms. The third kappa shape index (κ3) is 4.02. The number of ether oxygens (including phenoxy) is 2. The predicted octanol–water partition coefficient (Wildman–Crippen LogP) is 2.99. The maximum atomic E-state index is 12.9. The molecule has 29 heavy (non-hydrogen) atoms. The summed E-state index contributed by atoms with van der Waals surface area (Å²) in [5, 5.41) is 20.9. The largest absolute Gasteiger partial charge is 0.507 e. The van der Waals surface area contributed by atoms with Crippen LogP contribution in [0.3, 0.4) is 0 Å². The number of carbonyl (C=O) groups excluding carboxylic acids is 1. The molecular weight excluding hydrogens is 374 g/mol. The van der Waals surface area contributed by atoms with Gasteiger partial charge in [0.1, 0.15) is 28.6 Å². The zero-order valence-corrected chi connectivity index (χ0v) is 17.1. The summed E-state index contributed by atoms with van der Waals surface area (Å²) in [6, 6.07) is 3.24. The van der Waals surface area contributed by atoms with Gasteiger partial charge in [0.2, 0.25) is 0 Å². The lowest BCUT2D eigenvalue weighted by atomic mass is 9.88. The molecule has 156 valence electrons. The maximum Gasteiger partial charge on any atom is 0.193 e. The van der Waals surface area contributed by atoms with E-state index in [0.717, 1.165) is 18.5 Å². The average Bonchev–Trinajstić information content (AvgIpc) is 3.29. The molecule has 2 atom stereocenters. The Morgan fingerprint density at radius 1 is 1.31 bits per heavy atom. The lowest BCUT2D eigenvalue weighted by Crippen LogP contribution is -2.32. The molecule has 0 amide bonds. The number of ketones is 1. The molecule has 2 heterocycles. The number of aliphatic hydroxyl groups excluding tert-OH is 1. The first-order valence-corrected chi connectivity index (χ1v) is 9.47. The van der Waals surface area contributed by atoms with E-state index < -0.39 is 5.78 Å². The molecule has 1 aliphatic rings. The highest BCUT2D eigenvalue weighted by Gasteiger charge is 2.37. The van der Waals surface area contributed by atoms with Crippen LogP contribution in [-0.2, 0) is 0 Å². The summed E-state index contributed by atoms with van der Waals surface area (Å²) >= 11 is 0. The minimum absolute atomic E-state index is 0.0587. The number of allylic oxidation sites excluding steroid dienone is 1. The summed E-state index contributed by atoms with van der Waals surface area (Å²) in [4.78, 5) is 15.0. The van der Waals surface area contributed by atoms with E-state index in [-0.39, 0.29) is 35.6 Å². The van der Waals surface area contributed by atoms with Crippen LogP contribution in [0.15, 0.2) is 28.9 Å². The fourth-order valence-electron chi connectivity index (χ4n) is 3.96. The lowest BCUT2D eigenvalue weighted by molar-refractivity contribution is 0.104. The van der Waals surface area contributed by atoms with Gasteiger partial charge < -0.3 is 29.0 Å². The SMILES string of the molecule is COc1cc(OC)c(C2CCN(C)C2CO)c(O)c1C(=O)/C=C/c1cc(C)co1. The Kier molecular flexibility index (Phi) is 6.30. The first-order valence-electron chi connectivity index (χ1n) is 9.47. The normalized spacial score (nSPS) is 19.8. The van der Waals surface area contributed by atoms with Crippen LogP contribution in [0.4, 0.5) is 0 Å². The van der Waals surface area contributed by atoms with Crippen molar-refractivity contribution < 1.29 is 28.9 Å². The zero-order valence-electron chi connectivity index (χ0n) is 17.1. The van der Waals surface area contributed by atoms with Gasteiger partial charge in [-0.2, -0.15) is 0 Å². The zero-order chi connectivity index (χ0) is 21.1. The minimum Gasteiger partial charge on any atom is -0.507 e. The maximum absolute atomic E-state index is 12.9. The van der Waals surface area contributed by atoms with E-state index in [1.54, 1.807) is 24.5 Å². The van der Waals surface area contributed by atoms with Crippen LogP contribution in [0.1, 0.15) is 39.6 Å². The predicted molar refractivity (Wildman–Crippen MR) is 109 cm³/mol.